The zero-order chi connectivity index (χ0) is 12.1. The Hall–Kier alpha value is -1.05. The molecule has 0 aromatic rings. The topological polar surface area (TPSA) is 26.3 Å². The Morgan fingerprint density at radius 3 is 2.44 bits per heavy atom. The molecule has 16 heavy (non-hydrogen) atoms. The van der Waals surface area contributed by atoms with Crippen LogP contribution in [0.4, 0.5) is 0 Å². The molecule has 2 nitrogen and oxygen atoms in total. The van der Waals surface area contributed by atoms with Gasteiger partial charge in [0.05, 0.1) is 6.61 Å². The maximum absolute atomic E-state index is 10.5. The van der Waals surface area contributed by atoms with Crippen molar-refractivity contribution in [2.24, 2.45) is 0 Å². The normalized spacial score (nSPS) is 11.4. The lowest BCUT2D eigenvalue weighted by Crippen LogP contribution is -1.99. The molecule has 0 unspecified atom stereocenters. The number of ether oxygens (including phenoxy) is 1. The largest absolute Gasteiger partial charge is 0.466 e. The summed E-state index contributed by atoms with van der Waals surface area (Å²) in [6.07, 6.45) is 15.5. The quantitative estimate of drug-likeness (QED) is 0.336. The summed E-state index contributed by atoms with van der Waals surface area (Å²) < 4.78 is 4.86. The molecule has 0 atom stereocenters. The summed E-state index contributed by atoms with van der Waals surface area (Å²) in [5, 5.41) is 0. The van der Waals surface area contributed by atoms with Crippen molar-refractivity contribution in [3.63, 3.8) is 0 Å². The molecule has 0 fully saturated rings. The van der Waals surface area contributed by atoms with Gasteiger partial charge in [-0.25, -0.2) is 0 Å². The van der Waals surface area contributed by atoms with Crippen LogP contribution in [-0.4, -0.2) is 12.6 Å². The standard InChI is InChI=1S/C14H24O2/c1-3-4-5-6-7-8-9-10-11-12-13-16-14(2)15/h3-6H,7-13H2,1-2H3/b4-3?,6-5+. The van der Waals surface area contributed by atoms with E-state index < -0.39 is 0 Å². The number of unbranched alkanes of at least 4 members (excludes halogenated alkanes) is 5. The van der Waals surface area contributed by atoms with Crippen LogP contribution < -0.4 is 0 Å². The molecule has 0 saturated carbocycles. The second kappa shape index (κ2) is 12.0. The first-order chi connectivity index (χ1) is 7.77. The molecule has 92 valence electrons. The first-order valence-corrected chi connectivity index (χ1v) is 6.18. The van der Waals surface area contributed by atoms with E-state index in [1.807, 2.05) is 13.0 Å². The van der Waals surface area contributed by atoms with E-state index in [-0.39, 0.29) is 5.97 Å². The summed E-state index contributed by atoms with van der Waals surface area (Å²) in [4.78, 5) is 10.5. The molecule has 0 N–H and O–H groups in total. The molecule has 0 rings (SSSR count). The van der Waals surface area contributed by atoms with Crippen molar-refractivity contribution in [1.82, 2.24) is 0 Å². The first-order valence-electron chi connectivity index (χ1n) is 6.18. The lowest BCUT2D eigenvalue weighted by Gasteiger charge is -2.01. The highest BCUT2D eigenvalue weighted by Crippen LogP contribution is 2.06. The zero-order valence-electron chi connectivity index (χ0n) is 10.6. The van der Waals surface area contributed by atoms with Crippen molar-refractivity contribution < 1.29 is 9.53 Å². The van der Waals surface area contributed by atoms with E-state index in [1.54, 1.807) is 0 Å². The molecule has 0 saturated heterocycles. The first kappa shape index (κ1) is 14.9. The number of esters is 1. The molecule has 0 heterocycles. The molecule has 0 spiro atoms. The third kappa shape index (κ3) is 12.9. The number of rotatable bonds is 9. The minimum Gasteiger partial charge on any atom is -0.466 e. The fraction of sp³-hybridized carbons (Fsp3) is 0.643. The van der Waals surface area contributed by atoms with Gasteiger partial charge >= 0.3 is 5.97 Å². The van der Waals surface area contributed by atoms with Crippen LogP contribution in [0, 0.1) is 0 Å². The Balaban J connectivity index is 3.07. The summed E-state index contributed by atoms with van der Waals surface area (Å²) in [6.45, 7) is 4.06. The van der Waals surface area contributed by atoms with E-state index in [4.69, 9.17) is 4.74 Å². The van der Waals surface area contributed by atoms with Crippen molar-refractivity contribution in [3.8, 4) is 0 Å². The molecule has 0 bridgehead atoms. The van der Waals surface area contributed by atoms with Gasteiger partial charge in [-0.15, -0.1) is 0 Å². The Morgan fingerprint density at radius 2 is 1.75 bits per heavy atom. The minimum absolute atomic E-state index is 0.172. The van der Waals surface area contributed by atoms with E-state index in [0.29, 0.717) is 6.61 Å². The summed E-state index contributed by atoms with van der Waals surface area (Å²) in [5.74, 6) is -0.172. The Morgan fingerprint density at radius 1 is 1.06 bits per heavy atom. The van der Waals surface area contributed by atoms with Crippen LogP contribution in [0.2, 0.25) is 0 Å². The highest BCUT2D eigenvalue weighted by molar-refractivity contribution is 5.65. The predicted molar refractivity (Wildman–Crippen MR) is 68.3 cm³/mol. The monoisotopic (exact) mass is 224 g/mol. The molecule has 0 aliphatic carbocycles. The van der Waals surface area contributed by atoms with E-state index in [0.717, 1.165) is 19.3 Å². The SMILES string of the molecule is CC=C/C=C/CCCCCCCOC(C)=O. The van der Waals surface area contributed by atoms with Gasteiger partial charge in [-0.3, -0.25) is 4.79 Å². The van der Waals surface area contributed by atoms with Crippen LogP contribution in [-0.2, 0) is 9.53 Å². The summed E-state index contributed by atoms with van der Waals surface area (Å²) in [5.41, 5.74) is 0. The van der Waals surface area contributed by atoms with Crippen LogP contribution in [0.3, 0.4) is 0 Å². The molecule has 0 radical (unpaired) electrons. The zero-order valence-corrected chi connectivity index (χ0v) is 10.6. The summed E-state index contributed by atoms with van der Waals surface area (Å²) in [7, 11) is 0. The van der Waals surface area contributed by atoms with Gasteiger partial charge in [0.2, 0.25) is 0 Å². The van der Waals surface area contributed by atoms with Crippen LogP contribution in [0.15, 0.2) is 24.3 Å². The lowest BCUT2D eigenvalue weighted by atomic mass is 10.1. The maximum Gasteiger partial charge on any atom is 0.302 e. The minimum atomic E-state index is -0.172. The third-order valence-electron chi connectivity index (χ3n) is 2.26. The van der Waals surface area contributed by atoms with E-state index in [1.165, 1.54) is 26.2 Å². The van der Waals surface area contributed by atoms with Crippen LogP contribution in [0.5, 0.6) is 0 Å². The van der Waals surface area contributed by atoms with Gasteiger partial charge in [0.15, 0.2) is 0 Å². The Bertz CT molecular complexity index is 217. The van der Waals surface area contributed by atoms with Gasteiger partial charge in [-0.2, -0.15) is 0 Å². The van der Waals surface area contributed by atoms with Crippen molar-refractivity contribution >= 4 is 5.97 Å². The van der Waals surface area contributed by atoms with Crippen LogP contribution in [0.25, 0.3) is 0 Å². The molecular formula is C14H24O2. The van der Waals surface area contributed by atoms with Gasteiger partial charge in [0, 0.05) is 6.92 Å². The second-order valence-electron chi connectivity index (χ2n) is 3.85. The number of hydrogen-bond donors (Lipinski definition) is 0. The molecule has 0 aromatic carbocycles. The number of hydrogen-bond acceptors (Lipinski definition) is 2. The van der Waals surface area contributed by atoms with E-state index >= 15 is 0 Å². The number of allylic oxidation sites excluding steroid dienone is 4. The van der Waals surface area contributed by atoms with Crippen molar-refractivity contribution in [3.05, 3.63) is 24.3 Å². The summed E-state index contributed by atoms with van der Waals surface area (Å²) >= 11 is 0. The van der Waals surface area contributed by atoms with Gasteiger partial charge in [0.1, 0.15) is 0 Å². The van der Waals surface area contributed by atoms with Crippen molar-refractivity contribution in [2.75, 3.05) is 6.61 Å². The molecule has 0 amide bonds. The van der Waals surface area contributed by atoms with Gasteiger partial charge in [-0.05, 0) is 26.2 Å². The number of carbonyl (C=O) groups excluding carboxylic acids is 1. The number of carbonyl (C=O) groups is 1. The maximum atomic E-state index is 10.5. The van der Waals surface area contributed by atoms with Crippen LogP contribution >= 0.6 is 0 Å². The molecule has 0 aliphatic rings. The fourth-order valence-corrected chi connectivity index (χ4v) is 1.40. The lowest BCUT2D eigenvalue weighted by molar-refractivity contribution is -0.141. The van der Waals surface area contributed by atoms with E-state index in [9.17, 15) is 4.79 Å². The van der Waals surface area contributed by atoms with Crippen molar-refractivity contribution in [1.29, 1.82) is 0 Å². The highest BCUT2D eigenvalue weighted by atomic mass is 16.5. The van der Waals surface area contributed by atoms with E-state index in [2.05, 4.69) is 18.2 Å². The molecule has 0 aliphatic heterocycles. The molecular weight excluding hydrogens is 200 g/mol. The third-order valence-corrected chi connectivity index (χ3v) is 2.26. The second-order valence-corrected chi connectivity index (χ2v) is 3.85. The van der Waals surface area contributed by atoms with Gasteiger partial charge < -0.3 is 4.74 Å². The van der Waals surface area contributed by atoms with Crippen molar-refractivity contribution in [2.45, 2.75) is 52.4 Å². The van der Waals surface area contributed by atoms with Gasteiger partial charge in [-0.1, -0.05) is 43.6 Å². The average molecular weight is 224 g/mol. The predicted octanol–water partition coefficient (Wildman–Crippen LogP) is 4.02. The average Bonchev–Trinajstić information content (AvgIpc) is 2.25. The van der Waals surface area contributed by atoms with Crippen LogP contribution in [0.1, 0.15) is 52.4 Å². The Labute approximate surface area is 99.4 Å². The molecule has 0 aromatic heterocycles. The van der Waals surface area contributed by atoms with Gasteiger partial charge in [0.25, 0.3) is 0 Å². The Kier molecular flexibility index (Phi) is 11.2. The summed E-state index contributed by atoms with van der Waals surface area (Å²) in [6, 6.07) is 0. The highest BCUT2D eigenvalue weighted by Gasteiger charge is 1.93. The smallest absolute Gasteiger partial charge is 0.302 e. The molecule has 2 heteroatoms. The fourth-order valence-electron chi connectivity index (χ4n) is 1.40.